The molecule has 0 radical (unpaired) electrons. The number of carbonyl (C=O) groups excluding carboxylic acids is 1. The van der Waals surface area contributed by atoms with Gasteiger partial charge in [-0.15, -0.1) is 0 Å². The fourth-order valence-corrected chi connectivity index (χ4v) is 2.88. The van der Waals surface area contributed by atoms with Crippen LogP contribution in [0.25, 0.3) is 6.08 Å². The summed E-state index contributed by atoms with van der Waals surface area (Å²) in [4.78, 5) is 12.6. The number of ether oxygens (including phenoxy) is 2. The van der Waals surface area contributed by atoms with E-state index in [0.717, 1.165) is 28.2 Å². The van der Waals surface area contributed by atoms with Crippen LogP contribution in [0, 0.1) is 0 Å². The molecule has 3 rings (SSSR count). The summed E-state index contributed by atoms with van der Waals surface area (Å²) in [5, 5.41) is 3.09. The zero-order valence-corrected chi connectivity index (χ0v) is 16.0. The number of nitrogens with one attached hydrogen (secondary N) is 1. The topological polar surface area (TPSA) is 47.6 Å². The first kappa shape index (κ1) is 19.2. The molecule has 0 fully saturated rings. The average molecular weight is 373 g/mol. The lowest BCUT2D eigenvalue weighted by Gasteiger charge is -2.20. The van der Waals surface area contributed by atoms with Gasteiger partial charge < -0.3 is 14.8 Å². The van der Waals surface area contributed by atoms with Crippen molar-refractivity contribution in [3.8, 4) is 11.5 Å². The summed E-state index contributed by atoms with van der Waals surface area (Å²) in [6.45, 7) is 0. The highest BCUT2D eigenvalue weighted by molar-refractivity contribution is 5.92. The Bertz CT molecular complexity index is 869. The molecule has 0 aliphatic rings. The molecule has 3 aromatic rings. The van der Waals surface area contributed by atoms with Crippen LogP contribution < -0.4 is 14.8 Å². The lowest BCUT2D eigenvalue weighted by atomic mass is 9.98. The number of benzene rings is 3. The van der Waals surface area contributed by atoms with Crippen molar-refractivity contribution >= 4 is 12.0 Å². The Morgan fingerprint density at radius 1 is 0.786 bits per heavy atom. The molecule has 0 atom stereocenters. The van der Waals surface area contributed by atoms with Crippen LogP contribution in [-0.4, -0.2) is 20.1 Å². The standard InChI is InChI=1S/C24H23NO3/c1-27-21-13-9-19(10-14-21)24(20-11-15-22(28-2)16-12-20)25-23(26)17-8-18-6-4-3-5-7-18/h3-17,24H,1-2H3,(H,25,26). The van der Waals surface area contributed by atoms with E-state index in [1.54, 1.807) is 26.4 Å². The van der Waals surface area contributed by atoms with E-state index in [0.29, 0.717) is 0 Å². The predicted octanol–water partition coefficient (Wildman–Crippen LogP) is 4.62. The Morgan fingerprint density at radius 3 is 1.75 bits per heavy atom. The van der Waals surface area contributed by atoms with Crippen LogP contribution in [0.15, 0.2) is 84.9 Å². The van der Waals surface area contributed by atoms with Crippen LogP contribution in [0.1, 0.15) is 22.7 Å². The molecule has 4 nitrogen and oxygen atoms in total. The Balaban J connectivity index is 1.84. The van der Waals surface area contributed by atoms with Crippen molar-refractivity contribution in [2.75, 3.05) is 14.2 Å². The number of rotatable bonds is 7. The number of hydrogen-bond acceptors (Lipinski definition) is 3. The monoisotopic (exact) mass is 373 g/mol. The van der Waals surface area contributed by atoms with E-state index in [9.17, 15) is 4.79 Å². The minimum absolute atomic E-state index is 0.166. The van der Waals surface area contributed by atoms with Gasteiger partial charge in [0, 0.05) is 6.08 Å². The van der Waals surface area contributed by atoms with Crippen LogP contribution in [0.5, 0.6) is 11.5 Å². The third kappa shape index (κ3) is 5.01. The fraction of sp³-hybridized carbons (Fsp3) is 0.125. The maximum Gasteiger partial charge on any atom is 0.244 e. The first-order chi connectivity index (χ1) is 13.7. The molecule has 1 N–H and O–H groups in total. The molecule has 0 unspecified atom stereocenters. The van der Waals surface area contributed by atoms with Gasteiger partial charge in [0.15, 0.2) is 0 Å². The van der Waals surface area contributed by atoms with Gasteiger partial charge in [0.2, 0.25) is 5.91 Å². The molecule has 142 valence electrons. The van der Waals surface area contributed by atoms with E-state index >= 15 is 0 Å². The first-order valence-electron chi connectivity index (χ1n) is 9.01. The van der Waals surface area contributed by atoms with Crippen LogP contribution in [0.4, 0.5) is 0 Å². The summed E-state index contributed by atoms with van der Waals surface area (Å²) in [7, 11) is 3.26. The third-order valence-electron chi connectivity index (χ3n) is 4.41. The molecule has 0 aromatic heterocycles. The van der Waals surface area contributed by atoms with Gasteiger partial charge in [-0.3, -0.25) is 4.79 Å². The molecule has 28 heavy (non-hydrogen) atoms. The van der Waals surface area contributed by atoms with Crippen molar-refractivity contribution in [2.24, 2.45) is 0 Å². The van der Waals surface area contributed by atoms with E-state index in [1.807, 2.05) is 78.9 Å². The van der Waals surface area contributed by atoms with E-state index in [1.165, 1.54) is 0 Å². The molecule has 0 spiro atoms. The second-order valence-corrected chi connectivity index (χ2v) is 6.23. The lowest BCUT2D eigenvalue weighted by molar-refractivity contribution is -0.116. The maximum absolute atomic E-state index is 12.6. The first-order valence-corrected chi connectivity index (χ1v) is 9.01. The Kier molecular flexibility index (Phi) is 6.47. The molecule has 0 heterocycles. The SMILES string of the molecule is COc1ccc(C(NC(=O)C=Cc2ccccc2)c2ccc(OC)cc2)cc1. The van der Waals surface area contributed by atoms with Crippen molar-refractivity contribution in [3.05, 3.63) is 102 Å². The Morgan fingerprint density at radius 2 is 1.29 bits per heavy atom. The predicted molar refractivity (Wildman–Crippen MR) is 111 cm³/mol. The highest BCUT2D eigenvalue weighted by Crippen LogP contribution is 2.26. The van der Waals surface area contributed by atoms with E-state index in [2.05, 4.69) is 5.32 Å². The summed E-state index contributed by atoms with van der Waals surface area (Å²) in [6.07, 6.45) is 3.35. The van der Waals surface area contributed by atoms with E-state index in [-0.39, 0.29) is 11.9 Å². The van der Waals surface area contributed by atoms with Crippen LogP contribution in [-0.2, 0) is 4.79 Å². The summed E-state index contributed by atoms with van der Waals surface area (Å²) >= 11 is 0. The molecular formula is C24H23NO3. The quantitative estimate of drug-likeness (QED) is 0.615. The summed E-state index contributed by atoms with van der Waals surface area (Å²) in [6, 6.07) is 24.8. The number of amides is 1. The van der Waals surface area contributed by atoms with Crippen LogP contribution in [0.2, 0.25) is 0 Å². The summed E-state index contributed by atoms with van der Waals surface area (Å²) < 4.78 is 10.5. The Labute approximate surface area is 165 Å². The zero-order valence-electron chi connectivity index (χ0n) is 16.0. The van der Waals surface area contributed by atoms with Gasteiger partial charge in [0.1, 0.15) is 11.5 Å². The zero-order chi connectivity index (χ0) is 19.8. The summed E-state index contributed by atoms with van der Waals surface area (Å²) in [5.41, 5.74) is 2.91. The minimum atomic E-state index is -0.287. The van der Waals surface area contributed by atoms with Gasteiger partial charge in [-0.05, 0) is 47.0 Å². The van der Waals surface area contributed by atoms with Gasteiger partial charge in [0.05, 0.1) is 20.3 Å². The van der Waals surface area contributed by atoms with E-state index < -0.39 is 0 Å². The highest BCUT2D eigenvalue weighted by atomic mass is 16.5. The molecule has 0 saturated heterocycles. The van der Waals surface area contributed by atoms with Gasteiger partial charge >= 0.3 is 0 Å². The third-order valence-corrected chi connectivity index (χ3v) is 4.41. The number of carbonyl (C=O) groups is 1. The van der Waals surface area contributed by atoms with Gasteiger partial charge in [-0.25, -0.2) is 0 Å². The van der Waals surface area contributed by atoms with Gasteiger partial charge in [-0.2, -0.15) is 0 Å². The largest absolute Gasteiger partial charge is 0.497 e. The van der Waals surface area contributed by atoms with E-state index in [4.69, 9.17) is 9.47 Å². The lowest BCUT2D eigenvalue weighted by Crippen LogP contribution is -2.27. The van der Waals surface area contributed by atoms with Crippen LogP contribution >= 0.6 is 0 Å². The van der Waals surface area contributed by atoms with Crippen molar-refractivity contribution in [1.29, 1.82) is 0 Å². The Hall–Kier alpha value is -3.53. The average Bonchev–Trinajstić information content (AvgIpc) is 2.77. The van der Waals surface area contributed by atoms with Gasteiger partial charge in [-0.1, -0.05) is 54.6 Å². The molecule has 1 amide bonds. The molecule has 0 aliphatic heterocycles. The second-order valence-electron chi connectivity index (χ2n) is 6.23. The molecule has 4 heteroatoms. The second kappa shape index (κ2) is 9.42. The fourth-order valence-electron chi connectivity index (χ4n) is 2.88. The molecular weight excluding hydrogens is 350 g/mol. The van der Waals surface area contributed by atoms with Crippen molar-refractivity contribution in [1.82, 2.24) is 5.32 Å². The maximum atomic E-state index is 12.6. The normalized spacial score (nSPS) is 10.8. The smallest absolute Gasteiger partial charge is 0.244 e. The number of hydrogen-bond donors (Lipinski definition) is 1. The minimum Gasteiger partial charge on any atom is -0.497 e. The molecule has 0 saturated carbocycles. The van der Waals surface area contributed by atoms with Crippen molar-refractivity contribution < 1.29 is 14.3 Å². The molecule has 0 bridgehead atoms. The molecule has 0 aliphatic carbocycles. The van der Waals surface area contributed by atoms with Gasteiger partial charge in [0.25, 0.3) is 0 Å². The highest BCUT2D eigenvalue weighted by Gasteiger charge is 2.16. The van der Waals surface area contributed by atoms with Crippen molar-refractivity contribution in [3.63, 3.8) is 0 Å². The number of methoxy groups -OCH3 is 2. The van der Waals surface area contributed by atoms with Crippen molar-refractivity contribution in [2.45, 2.75) is 6.04 Å². The molecule has 3 aromatic carbocycles. The van der Waals surface area contributed by atoms with Crippen LogP contribution in [0.3, 0.4) is 0 Å². The summed E-state index contributed by atoms with van der Waals surface area (Å²) in [5.74, 6) is 1.38.